The molecule has 0 saturated carbocycles. The molecule has 14 nitrogen and oxygen atoms in total. The van der Waals surface area contributed by atoms with Gasteiger partial charge in [-0.25, -0.2) is 13.6 Å². The van der Waals surface area contributed by atoms with Crippen LogP contribution in [0.25, 0.3) is 16.9 Å². The van der Waals surface area contributed by atoms with Crippen molar-refractivity contribution in [1.82, 2.24) is 44.6 Å². The average Bonchev–Trinajstić information content (AvgIpc) is 3.91. The molecule has 0 amide bonds. The molecule has 4 heterocycles. The summed E-state index contributed by atoms with van der Waals surface area (Å²) in [6.07, 6.45) is 5.77. The Hall–Kier alpha value is -5.87. The van der Waals surface area contributed by atoms with Crippen LogP contribution in [0.1, 0.15) is 51.3 Å². The number of nitrogens with one attached hydrogen (secondary N) is 2. The van der Waals surface area contributed by atoms with Crippen LogP contribution in [0.4, 0.5) is 21.7 Å². The largest absolute Gasteiger partial charge is 0.485 e. The number of benzene rings is 3. The summed E-state index contributed by atoms with van der Waals surface area (Å²) in [6, 6.07) is 21.1. The molecule has 3 aromatic heterocycles. The molecule has 2 atom stereocenters. The van der Waals surface area contributed by atoms with Crippen LogP contribution in [0.5, 0.6) is 5.75 Å². The number of anilines is 3. The van der Waals surface area contributed by atoms with E-state index in [1.165, 1.54) is 22.6 Å². The zero-order chi connectivity index (χ0) is 40.9. The third-order valence-electron chi connectivity index (χ3n) is 9.99. The summed E-state index contributed by atoms with van der Waals surface area (Å²) in [6.45, 7) is 12.7. The number of halogens is 1. The summed E-state index contributed by atoms with van der Waals surface area (Å²) < 4.78 is 37.0. The lowest BCUT2D eigenvalue weighted by atomic mass is 10.1. The highest BCUT2D eigenvalue weighted by Crippen LogP contribution is 2.33. The van der Waals surface area contributed by atoms with Crippen molar-refractivity contribution in [3.63, 3.8) is 0 Å². The lowest BCUT2D eigenvalue weighted by Gasteiger charge is -2.39. The first-order valence-corrected chi connectivity index (χ1v) is 20.7. The fourth-order valence-electron chi connectivity index (χ4n) is 7.06. The van der Waals surface area contributed by atoms with Gasteiger partial charge in [-0.15, -0.1) is 5.10 Å². The minimum atomic E-state index is -1.60. The maximum Gasteiger partial charge on any atom is 0.247 e. The molecule has 304 valence electrons. The Morgan fingerprint density at radius 1 is 1.02 bits per heavy atom. The zero-order valence-corrected chi connectivity index (χ0v) is 34.9. The van der Waals surface area contributed by atoms with Crippen LogP contribution in [0.15, 0.2) is 100 Å². The Balaban J connectivity index is 0.995. The van der Waals surface area contributed by atoms with Gasteiger partial charge in [-0.1, -0.05) is 19.1 Å². The molecule has 7 rings (SSSR count). The Morgan fingerprint density at radius 2 is 1.78 bits per heavy atom. The van der Waals surface area contributed by atoms with Crippen molar-refractivity contribution in [2.45, 2.75) is 56.1 Å². The van der Waals surface area contributed by atoms with Crippen LogP contribution in [0.3, 0.4) is 0 Å². The normalized spacial score (nSPS) is 14.8. The van der Waals surface area contributed by atoms with Crippen molar-refractivity contribution >= 4 is 39.6 Å². The molecule has 2 N–H and O–H groups in total. The predicted octanol–water partition coefficient (Wildman–Crippen LogP) is 6.80. The number of aromatic nitrogens is 6. The minimum Gasteiger partial charge on any atom is -0.485 e. The summed E-state index contributed by atoms with van der Waals surface area (Å²) in [5, 5.41) is 20.8. The van der Waals surface area contributed by atoms with E-state index in [9.17, 15) is 4.21 Å². The average molecular weight is 807 g/mol. The third-order valence-corrected chi connectivity index (χ3v) is 11.4. The maximum atomic E-state index is 15.6. The maximum absolute atomic E-state index is 15.6. The van der Waals surface area contributed by atoms with Gasteiger partial charge in [0.2, 0.25) is 11.6 Å². The number of hydrazone groups is 1. The van der Waals surface area contributed by atoms with Crippen LogP contribution in [0, 0.1) is 5.82 Å². The van der Waals surface area contributed by atoms with Gasteiger partial charge in [-0.05, 0) is 87.4 Å². The van der Waals surface area contributed by atoms with E-state index in [2.05, 4.69) is 96.5 Å². The van der Waals surface area contributed by atoms with Crippen molar-refractivity contribution in [2.24, 2.45) is 5.10 Å². The molecule has 0 spiro atoms. The lowest BCUT2D eigenvalue weighted by Crippen LogP contribution is -2.47. The monoisotopic (exact) mass is 806 g/mol. The fraction of sp³-hybridized carbons (Fsp3) is 0.357. The van der Waals surface area contributed by atoms with Crippen LogP contribution >= 0.6 is 0 Å². The molecule has 0 radical (unpaired) electrons. The standard InChI is InChI=1S/C42H51FN12O2S/c1-8-18-52(7)40(49-51(5)6)30-12-14-33(15-13-30)54-21-19-53(20-22-54)29(4)31-10-9-11-34(23-31)58(56)35-16-17-37(36(43)24-35)47-42-48-41-39(57-28(2)3)38(32-25-45-46-26-32)44-27-55(41)50-42/h9-17,23-29H,8,18-22H2,1-7H3,(H,45,46)(H,47,50)/b49-40+. The van der Waals surface area contributed by atoms with Crippen molar-refractivity contribution < 1.29 is 13.3 Å². The van der Waals surface area contributed by atoms with Gasteiger partial charge in [0.25, 0.3) is 0 Å². The number of piperazine rings is 1. The van der Waals surface area contributed by atoms with Gasteiger partial charge in [-0.2, -0.15) is 19.7 Å². The van der Waals surface area contributed by atoms with Crippen LogP contribution in [-0.2, 0) is 10.8 Å². The number of amidine groups is 1. The van der Waals surface area contributed by atoms with Gasteiger partial charge in [0, 0.05) is 92.7 Å². The SMILES string of the molecule is CCCN(C)/C(=N/N(C)C)c1ccc(N2CCN(C(C)c3cccc(S(=O)c4ccc(Nc5nc6c(OC(C)C)c(-c7cn[nH]c7)ncn6n5)c(F)c4)c3)CC2)cc1. The van der Waals surface area contributed by atoms with Gasteiger partial charge < -0.3 is 24.9 Å². The summed E-state index contributed by atoms with van der Waals surface area (Å²) in [7, 11) is 4.38. The lowest BCUT2D eigenvalue weighted by molar-refractivity contribution is 0.198. The number of hydrogen-bond acceptors (Lipinski definition) is 11. The van der Waals surface area contributed by atoms with E-state index in [1.54, 1.807) is 24.5 Å². The molecular formula is C42H51FN12O2S. The number of hydrogen-bond donors (Lipinski definition) is 2. The summed E-state index contributed by atoms with van der Waals surface area (Å²) >= 11 is 0. The van der Waals surface area contributed by atoms with E-state index in [0.29, 0.717) is 26.9 Å². The number of ether oxygens (including phenoxy) is 1. The Labute approximate surface area is 341 Å². The number of nitrogens with zero attached hydrogens (tertiary/aromatic N) is 10. The molecule has 1 fully saturated rings. The van der Waals surface area contributed by atoms with E-state index in [0.717, 1.165) is 61.7 Å². The fourth-order valence-corrected chi connectivity index (χ4v) is 8.18. The van der Waals surface area contributed by atoms with Crippen molar-refractivity contribution in [3.8, 4) is 17.0 Å². The molecule has 6 aromatic rings. The van der Waals surface area contributed by atoms with E-state index in [-0.39, 0.29) is 23.8 Å². The smallest absolute Gasteiger partial charge is 0.247 e. The molecule has 3 aromatic carbocycles. The highest BCUT2D eigenvalue weighted by Gasteiger charge is 2.24. The van der Waals surface area contributed by atoms with Gasteiger partial charge >= 0.3 is 0 Å². The van der Waals surface area contributed by atoms with Crippen molar-refractivity contribution in [2.75, 3.05) is 64.1 Å². The van der Waals surface area contributed by atoms with Crippen molar-refractivity contribution in [3.05, 3.63) is 102 Å². The Kier molecular flexibility index (Phi) is 12.3. The summed E-state index contributed by atoms with van der Waals surface area (Å²) in [4.78, 5) is 17.1. The van der Waals surface area contributed by atoms with E-state index < -0.39 is 16.6 Å². The van der Waals surface area contributed by atoms with Crippen LogP contribution < -0.4 is 15.0 Å². The second-order valence-electron chi connectivity index (χ2n) is 14.8. The zero-order valence-electron chi connectivity index (χ0n) is 34.1. The highest BCUT2D eigenvalue weighted by molar-refractivity contribution is 7.85. The molecule has 2 unspecified atom stereocenters. The van der Waals surface area contributed by atoms with Crippen LogP contribution in [-0.4, -0.2) is 115 Å². The topological polar surface area (TPSA) is 135 Å². The number of fused-ring (bicyclic) bond motifs is 1. The van der Waals surface area contributed by atoms with Crippen molar-refractivity contribution in [1.29, 1.82) is 0 Å². The van der Waals surface area contributed by atoms with E-state index >= 15 is 4.39 Å². The van der Waals surface area contributed by atoms with Gasteiger partial charge in [0.1, 0.15) is 17.8 Å². The summed E-state index contributed by atoms with van der Waals surface area (Å²) in [5.41, 5.74) is 5.21. The molecule has 0 aliphatic carbocycles. The van der Waals surface area contributed by atoms with E-state index in [1.807, 2.05) is 51.2 Å². The molecular weight excluding hydrogens is 756 g/mol. The molecule has 58 heavy (non-hydrogen) atoms. The first-order valence-electron chi connectivity index (χ1n) is 19.5. The van der Waals surface area contributed by atoms with Gasteiger partial charge in [-0.3, -0.25) is 10.00 Å². The molecule has 0 bridgehead atoms. The second-order valence-corrected chi connectivity index (χ2v) is 16.3. The highest BCUT2D eigenvalue weighted by atomic mass is 32.2. The summed E-state index contributed by atoms with van der Waals surface area (Å²) in [5.74, 6) is 0.969. The molecule has 16 heteroatoms. The second kappa shape index (κ2) is 17.7. The van der Waals surface area contributed by atoms with Crippen LogP contribution in [0.2, 0.25) is 0 Å². The van der Waals surface area contributed by atoms with Gasteiger partial charge in [0.15, 0.2) is 11.6 Å². The third kappa shape index (κ3) is 8.97. The Morgan fingerprint density at radius 3 is 2.45 bits per heavy atom. The quantitative estimate of drug-likeness (QED) is 0.0684. The first-order chi connectivity index (χ1) is 28.0. The molecule has 1 aliphatic rings. The Bertz CT molecular complexity index is 2370. The minimum absolute atomic E-state index is 0.110. The van der Waals surface area contributed by atoms with Gasteiger partial charge in [0.05, 0.1) is 28.8 Å². The first kappa shape index (κ1) is 40.3. The molecule has 1 aliphatic heterocycles. The molecule has 1 saturated heterocycles. The number of rotatable bonds is 14. The number of aromatic amines is 1. The number of H-pyrrole nitrogens is 1. The predicted molar refractivity (Wildman–Crippen MR) is 227 cm³/mol. The van der Waals surface area contributed by atoms with E-state index in [4.69, 9.17) is 9.84 Å².